The Morgan fingerprint density at radius 3 is 3.00 bits per heavy atom. The van der Waals surface area contributed by atoms with E-state index < -0.39 is 6.10 Å². The maximum atomic E-state index is 12.7. The van der Waals surface area contributed by atoms with Crippen LogP contribution in [0.5, 0.6) is 0 Å². The molecule has 7 nitrogen and oxygen atoms in total. The Labute approximate surface area is 163 Å². The van der Waals surface area contributed by atoms with Crippen LogP contribution in [0.15, 0.2) is 48.9 Å². The van der Waals surface area contributed by atoms with Gasteiger partial charge >= 0.3 is 0 Å². The van der Waals surface area contributed by atoms with E-state index in [1.807, 2.05) is 47.4 Å². The molecule has 2 heterocycles. The lowest BCUT2D eigenvalue weighted by molar-refractivity contribution is 0.0873. The summed E-state index contributed by atoms with van der Waals surface area (Å²) in [6.45, 7) is 2.18. The van der Waals surface area contributed by atoms with Crippen LogP contribution < -0.4 is 5.32 Å². The molecule has 0 saturated heterocycles. The van der Waals surface area contributed by atoms with Crippen molar-refractivity contribution in [2.24, 2.45) is 5.92 Å². The standard InChI is InChI=1S/C21H26N4O3/c1-28-10-9-24-8-5-16-13-17(3-4-19(16)24)21(27)23-18-11-15(12-20(18)26)14-25-7-2-6-22-25/h2-8,13,15,18,20,26H,9-12,14H2,1H3,(H,23,27)/t15?,18-,20-/m1/s1. The zero-order chi connectivity index (χ0) is 19.5. The molecule has 1 unspecified atom stereocenters. The number of aliphatic hydroxyl groups is 1. The molecule has 1 saturated carbocycles. The van der Waals surface area contributed by atoms with Crippen molar-refractivity contribution in [1.29, 1.82) is 0 Å². The van der Waals surface area contributed by atoms with Gasteiger partial charge in [-0.2, -0.15) is 5.10 Å². The number of benzene rings is 1. The van der Waals surface area contributed by atoms with Crippen molar-refractivity contribution in [3.63, 3.8) is 0 Å². The first kappa shape index (κ1) is 18.7. The first-order valence-corrected chi connectivity index (χ1v) is 9.68. The molecule has 148 valence electrons. The quantitative estimate of drug-likeness (QED) is 0.655. The van der Waals surface area contributed by atoms with E-state index in [0.29, 0.717) is 24.5 Å². The van der Waals surface area contributed by atoms with Crippen molar-refractivity contribution >= 4 is 16.8 Å². The highest BCUT2D eigenvalue weighted by Crippen LogP contribution is 2.28. The Morgan fingerprint density at radius 1 is 1.32 bits per heavy atom. The molecule has 3 atom stereocenters. The Hall–Kier alpha value is -2.64. The largest absolute Gasteiger partial charge is 0.391 e. The van der Waals surface area contributed by atoms with Gasteiger partial charge in [0.25, 0.3) is 5.91 Å². The molecule has 28 heavy (non-hydrogen) atoms. The third kappa shape index (κ3) is 3.95. The Balaban J connectivity index is 1.40. The van der Waals surface area contributed by atoms with E-state index >= 15 is 0 Å². The number of carbonyl (C=O) groups is 1. The fraction of sp³-hybridized carbons (Fsp3) is 0.429. The topological polar surface area (TPSA) is 81.3 Å². The van der Waals surface area contributed by atoms with Crippen LogP contribution in [0.2, 0.25) is 0 Å². The molecule has 0 spiro atoms. The Morgan fingerprint density at radius 2 is 2.21 bits per heavy atom. The summed E-state index contributed by atoms with van der Waals surface area (Å²) in [6.07, 6.45) is 6.58. The van der Waals surface area contributed by atoms with Crippen molar-refractivity contribution < 1.29 is 14.6 Å². The minimum atomic E-state index is -0.525. The molecule has 2 N–H and O–H groups in total. The summed E-state index contributed by atoms with van der Waals surface area (Å²) in [5.41, 5.74) is 1.69. The molecule has 1 fully saturated rings. The lowest BCUT2D eigenvalue weighted by Gasteiger charge is -2.16. The number of aliphatic hydroxyl groups excluding tert-OH is 1. The van der Waals surface area contributed by atoms with Crippen LogP contribution in [-0.2, 0) is 17.8 Å². The monoisotopic (exact) mass is 382 g/mol. The summed E-state index contributed by atoms with van der Waals surface area (Å²) in [7, 11) is 1.69. The SMILES string of the molecule is COCCn1ccc2cc(C(=O)N[C@@H]3CC(Cn4cccn4)C[C@H]3O)ccc21. The highest BCUT2D eigenvalue weighted by molar-refractivity contribution is 5.98. The maximum Gasteiger partial charge on any atom is 0.251 e. The minimum Gasteiger partial charge on any atom is -0.391 e. The van der Waals surface area contributed by atoms with Crippen LogP contribution >= 0.6 is 0 Å². The summed E-state index contributed by atoms with van der Waals surface area (Å²) < 4.78 is 9.13. The van der Waals surface area contributed by atoms with Crippen LogP contribution in [0.3, 0.4) is 0 Å². The van der Waals surface area contributed by atoms with Gasteiger partial charge in [0.1, 0.15) is 0 Å². The van der Waals surface area contributed by atoms with Crippen molar-refractivity contribution in [3.8, 4) is 0 Å². The summed E-state index contributed by atoms with van der Waals surface area (Å²) in [4.78, 5) is 12.7. The third-order valence-electron chi connectivity index (χ3n) is 5.52. The van der Waals surface area contributed by atoms with E-state index in [-0.39, 0.29) is 11.9 Å². The minimum absolute atomic E-state index is 0.143. The molecule has 4 rings (SSSR count). The highest BCUT2D eigenvalue weighted by atomic mass is 16.5. The highest BCUT2D eigenvalue weighted by Gasteiger charge is 2.34. The molecule has 0 bridgehead atoms. The van der Waals surface area contributed by atoms with Gasteiger partial charge in [-0.05, 0) is 49.1 Å². The van der Waals surface area contributed by atoms with Crippen molar-refractivity contribution in [2.75, 3.05) is 13.7 Å². The predicted octanol–water partition coefficient (Wildman–Crippen LogP) is 2.05. The second-order valence-electron chi connectivity index (χ2n) is 7.49. The second kappa shape index (κ2) is 8.16. The average molecular weight is 382 g/mol. The van der Waals surface area contributed by atoms with Crippen molar-refractivity contribution in [2.45, 2.75) is 38.1 Å². The molecule has 3 aromatic rings. The van der Waals surface area contributed by atoms with Gasteiger partial charge in [-0.3, -0.25) is 9.48 Å². The van der Waals surface area contributed by atoms with Crippen LogP contribution in [0.1, 0.15) is 23.2 Å². The molecule has 1 aliphatic carbocycles. The van der Waals surface area contributed by atoms with Crippen molar-refractivity contribution in [1.82, 2.24) is 19.7 Å². The number of ether oxygens (including phenoxy) is 1. The van der Waals surface area contributed by atoms with Gasteiger partial charge in [-0.1, -0.05) is 0 Å². The van der Waals surface area contributed by atoms with E-state index in [4.69, 9.17) is 4.74 Å². The molecule has 0 radical (unpaired) electrons. The normalized spacial score (nSPS) is 22.0. The zero-order valence-electron chi connectivity index (χ0n) is 16.0. The van der Waals surface area contributed by atoms with Gasteiger partial charge in [0, 0.05) is 55.3 Å². The van der Waals surface area contributed by atoms with E-state index in [9.17, 15) is 9.90 Å². The summed E-state index contributed by atoms with van der Waals surface area (Å²) >= 11 is 0. The Kier molecular flexibility index (Phi) is 5.45. The van der Waals surface area contributed by atoms with Gasteiger partial charge in [0.05, 0.1) is 18.8 Å². The fourth-order valence-corrected chi connectivity index (χ4v) is 4.07. The van der Waals surface area contributed by atoms with Gasteiger partial charge in [0.2, 0.25) is 0 Å². The van der Waals surface area contributed by atoms with Crippen LogP contribution in [0.4, 0.5) is 0 Å². The Bertz CT molecular complexity index is 934. The molecule has 2 aromatic heterocycles. The van der Waals surface area contributed by atoms with Crippen LogP contribution in [0.25, 0.3) is 10.9 Å². The summed E-state index contributed by atoms with van der Waals surface area (Å²) in [5, 5.41) is 18.6. The smallest absolute Gasteiger partial charge is 0.251 e. The van der Waals surface area contributed by atoms with Crippen LogP contribution in [-0.4, -0.2) is 51.2 Å². The lowest BCUT2D eigenvalue weighted by atomic mass is 10.1. The molecule has 1 aliphatic rings. The van der Waals surface area contributed by atoms with Gasteiger partial charge < -0.3 is 19.7 Å². The molecule has 1 amide bonds. The number of nitrogens with zero attached hydrogens (tertiary/aromatic N) is 3. The van der Waals surface area contributed by atoms with E-state index in [1.54, 1.807) is 13.3 Å². The van der Waals surface area contributed by atoms with E-state index in [1.165, 1.54) is 0 Å². The third-order valence-corrected chi connectivity index (χ3v) is 5.52. The second-order valence-corrected chi connectivity index (χ2v) is 7.49. The summed E-state index contributed by atoms with van der Waals surface area (Å²) in [6, 6.07) is 9.37. The average Bonchev–Trinajstić information content (AvgIpc) is 3.41. The number of aromatic nitrogens is 3. The first-order chi connectivity index (χ1) is 13.6. The number of methoxy groups -OCH3 is 1. The fourth-order valence-electron chi connectivity index (χ4n) is 4.07. The number of rotatable bonds is 7. The number of carbonyl (C=O) groups excluding carboxylic acids is 1. The summed E-state index contributed by atoms with van der Waals surface area (Å²) in [5.74, 6) is 0.160. The molecule has 1 aromatic carbocycles. The van der Waals surface area contributed by atoms with Gasteiger partial charge in [-0.15, -0.1) is 0 Å². The number of amides is 1. The molecule has 0 aliphatic heterocycles. The zero-order valence-corrected chi connectivity index (χ0v) is 16.0. The molecular formula is C21H26N4O3. The number of fused-ring (bicyclic) bond motifs is 1. The molecule has 7 heteroatoms. The van der Waals surface area contributed by atoms with Gasteiger partial charge in [-0.25, -0.2) is 0 Å². The lowest BCUT2D eigenvalue weighted by Crippen LogP contribution is -2.39. The first-order valence-electron chi connectivity index (χ1n) is 9.68. The number of hydrogen-bond donors (Lipinski definition) is 2. The van der Waals surface area contributed by atoms with Crippen LogP contribution in [0, 0.1) is 5.92 Å². The molecular weight excluding hydrogens is 356 g/mol. The van der Waals surface area contributed by atoms with E-state index in [2.05, 4.69) is 15.0 Å². The maximum absolute atomic E-state index is 12.7. The number of nitrogens with one attached hydrogen (secondary N) is 1. The van der Waals surface area contributed by atoms with Crippen molar-refractivity contribution in [3.05, 3.63) is 54.5 Å². The van der Waals surface area contributed by atoms with E-state index in [0.717, 1.165) is 30.4 Å². The number of hydrogen-bond acceptors (Lipinski definition) is 4. The predicted molar refractivity (Wildman–Crippen MR) is 106 cm³/mol. The van der Waals surface area contributed by atoms with Gasteiger partial charge in [0.15, 0.2) is 0 Å².